The van der Waals surface area contributed by atoms with Crippen LogP contribution in [0.1, 0.15) is 10.4 Å². The zero-order chi connectivity index (χ0) is 22.4. The van der Waals surface area contributed by atoms with Crippen LogP contribution in [0.25, 0.3) is 10.8 Å². The van der Waals surface area contributed by atoms with Gasteiger partial charge in [-0.2, -0.15) is 0 Å². The molecular weight excluding hydrogens is 414 g/mol. The Balaban J connectivity index is 1.71. The van der Waals surface area contributed by atoms with Crippen LogP contribution in [0.2, 0.25) is 0 Å². The number of benzene rings is 4. The molecule has 32 heavy (non-hydrogen) atoms. The van der Waals surface area contributed by atoms with Crippen molar-refractivity contribution in [3.8, 4) is 0 Å². The number of carbonyl (C=O) groups is 1. The first-order valence-corrected chi connectivity index (χ1v) is 11.4. The van der Waals surface area contributed by atoms with E-state index < -0.39 is 0 Å². The van der Waals surface area contributed by atoms with Gasteiger partial charge in [-0.05, 0) is 53.2 Å². The lowest BCUT2D eigenvalue weighted by Crippen LogP contribution is -2.29. The monoisotopic (exact) mass is 439 g/mol. The molecule has 0 saturated carbocycles. The summed E-state index contributed by atoms with van der Waals surface area (Å²) in [5.74, 6) is -0.0141. The van der Waals surface area contributed by atoms with E-state index >= 15 is 0 Å². The Kier molecular flexibility index (Phi) is 5.06. The average Bonchev–Trinajstić information content (AvgIpc) is 2.80. The fraction of sp³-hybridized carbons (Fsp3) is 0.148. The molecule has 0 saturated heterocycles. The van der Waals surface area contributed by atoms with E-state index in [9.17, 15) is 4.79 Å². The van der Waals surface area contributed by atoms with Gasteiger partial charge in [-0.25, -0.2) is 0 Å². The Morgan fingerprint density at radius 2 is 1.28 bits per heavy atom. The predicted octanol–water partition coefficient (Wildman–Crippen LogP) is 6.41. The largest absolute Gasteiger partial charge is 0.378 e. The Morgan fingerprint density at radius 1 is 0.719 bits per heavy atom. The van der Waals surface area contributed by atoms with Crippen molar-refractivity contribution in [1.82, 2.24) is 0 Å². The van der Waals surface area contributed by atoms with E-state index in [0.29, 0.717) is 5.56 Å². The van der Waals surface area contributed by atoms with Crippen molar-refractivity contribution in [2.45, 2.75) is 9.79 Å². The highest BCUT2D eigenvalue weighted by Crippen LogP contribution is 2.50. The van der Waals surface area contributed by atoms with Gasteiger partial charge in [-0.3, -0.25) is 9.69 Å². The maximum atomic E-state index is 14.1. The topological polar surface area (TPSA) is 26.8 Å². The third kappa shape index (κ3) is 3.39. The van der Waals surface area contributed by atoms with Crippen molar-refractivity contribution in [3.05, 3.63) is 84.4 Å². The summed E-state index contributed by atoms with van der Waals surface area (Å²) in [4.78, 5) is 22.3. The Bertz CT molecular complexity index is 1280. The van der Waals surface area contributed by atoms with Crippen molar-refractivity contribution in [1.29, 1.82) is 0 Å². The van der Waals surface area contributed by atoms with Gasteiger partial charge in [-0.15, -0.1) is 0 Å². The Morgan fingerprint density at radius 3 is 1.88 bits per heavy atom. The smallest absolute Gasteiger partial charge is 0.263 e. The summed E-state index contributed by atoms with van der Waals surface area (Å²) < 4.78 is 0. The van der Waals surface area contributed by atoms with Gasteiger partial charge in [0.2, 0.25) is 0 Å². The minimum atomic E-state index is -0.0141. The molecule has 1 heterocycles. The van der Waals surface area contributed by atoms with Crippen LogP contribution in [0.4, 0.5) is 22.7 Å². The molecule has 0 aromatic heterocycles. The summed E-state index contributed by atoms with van der Waals surface area (Å²) >= 11 is 1.72. The fourth-order valence-corrected chi connectivity index (χ4v) is 5.22. The van der Waals surface area contributed by atoms with Crippen molar-refractivity contribution in [2.75, 3.05) is 42.9 Å². The molecule has 4 aromatic carbocycles. The molecule has 4 nitrogen and oxygen atoms in total. The molecule has 0 atom stereocenters. The van der Waals surface area contributed by atoms with E-state index in [1.165, 1.54) is 0 Å². The number of hydrogen-bond acceptors (Lipinski definition) is 4. The highest BCUT2D eigenvalue weighted by molar-refractivity contribution is 7.99. The number of anilines is 4. The zero-order valence-electron chi connectivity index (χ0n) is 18.7. The molecule has 0 unspecified atom stereocenters. The fourth-order valence-electron chi connectivity index (χ4n) is 4.09. The Hall–Kier alpha value is -3.44. The van der Waals surface area contributed by atoms with Crippen LogP contribution in [-0.2, 0) is 0 Å². The third-order valence-electron chi connectivity index (χ3n) is 5.84. The maximum Gasteiger partial charge on any atom is 0.263 e. The second-order valence-corrected chi connectivity index (χ2v) is 9.45. The Labute approximate surface area is 193 Å². The van der Waals surface area contributed by atoms with Crippen molar-refractivity contribution in [2.24, 2.45) is 0 Å². The highest BCUT2D eigenvalue weighted by atomic mass is 32.2. The highest BCUT2D eigenvalue weighted by Gasteiger charge is 2.30. The lowest BCUT2D eigenvalue weighted by atomic mass is 10.0. The normalized spacial score (nSPS) is 12.3. The second kappa shape index (κ2) is 7.92. The van der Waals surface area contributed by atoms with Crippen LogP contribution in [0.15, 0.2) is 88.7 Å². The first-order chi connectivity index (χ1) is 15.4. The van der Waals surface area contributed by atoms with Gasteiger partial charge >= 0.3 is 0 Å². The molecule has 160 valence electrons. The summed E-state index contributed by atoms with van der Waals surface area (Å²) in [6.45, 7) is 0. The molecule has 1 amide bonds. The van der Waals surface area contributed by atoms with E-state index in [2.05, 4.69) is 46.2 Å². The number of carbonyl (C=O) groups excluding carboxylic acids is 1. The lowest BCUT2D eigenvalue weighted by molar-refractivity contribution is 0.1000. The van der Waals surface area contributed by atoms with Crippen molar-refractivity contribution in [3.63, 3.8) is 0 Å². The number of amides is 1. The zero-order valence-corrected chi connectivity index (χ0v) is 19.5. The standard InChI is InChI=1S/C27H25N3OS/c1-28(2)19-12-14-23-25(16-19)32-26-17-20(29(3)4)13-15-24(26)30(23)27(31)22-11-7-9-18-8-5-6-10-21(18)22/h5-17H,1-4H3. The molecule has 0 aliphatic carbocycles. The second-order valence-electron chi connectivity index (χ2n) is 8.36. The molecule has 0 fully saturated rings. The van der Waals surface area contributed by atoms with Gasteiger partial charge in [0.25, 0.3) is 5.91 Å². The number of nitrogens with zero attached hydrogens (tertiary/aromatic N) is 3. The van der Waals surface area contributed by atoms with Crippen LogP contribution in [0.3, 0.4) is 0 Å². The van der Waals surface area contributed by atoms with Gasteiger partial charge in [-0.1, -0.05) is 48.2 Å². The molecule has 0 N–H and O–H groups in total. The minimum Gasteiger partial charge on any atom is -0.378 e. The van der Waals surface area contributed by atoms with Crippen LogP contribution >= 0.6 is 11.8 Å². The quantitative estimate of drug-likeness (QED) is 0.368. The predicted molar refractivity (Wildman–Crippen MR) is 136 cm³/mol. The van der Waals surface area contributed by atoms with Gasteiger partial charge < -0.3 is 9.80 Å². The molecule has 0 spiro atoms. The minimum absolute atomic E-state index is 0.0141. The van der Waals surface area contributed by atoms with E-state index in [0.717, 1.165) is 43.3 Å². The molecule has 5 rings (SSSR count). The number of hydrogen-bond donors (Lipinski definition) is 0. The van der Waals surface area contributed by atoms with Crippen molar-refractivity contribution < 1.29 is 4.79 Å². The average molecular weight is 440 g/mol. The van der Waals surface area contributed by atoms with Gasteiger partial charge in [0.1, 0.15) is 0 Å². The summed E-state index contributed by atoms with van der Waals surface area (Å²) in [6, 6.07) is 26.6. The summed E-state index contributed by atoms with van der Waals surface area (Å²) in [6.07, 6.45) is 0. The van der Waals surface area contributed by atoms with Crippen LogP contribution in [-0.4, -0.2) is 34.1 Å². The van der Waals surface area contributed by atoms with Crippen LogP contribution < -0.4 is 14.7 Å². The SMILES string of the molecule is CN(C)c1ccc2c(c1)Sc1cc(N(C)C)ccc1N2C(=O)c1cccc2ccccc12. The molecular formula is C27H25N3OS. The number of rotatable bonds is 3. The lowest BCUT2D eigenvalue weighted by Gasteiger charge is -2.33. The van der Waals surface area contributed by atoms with Crippen LogP contribution in [0.5, 0.6) is 0 Å². The summed E-state index contributed by atoms with van der Waals surface area (Å²) in [7, 11) is 8.14. The van der Waals surface area contributed by atoms with E-state index in [4.69, 9.17) is 0 Å². The molecule has 1 aliphatic rings. The first-order valence-electron chi connectivity index (χ1n) is 10.6. The van der Waals surface area contributed by atoms with E-state index in [-0.39, 0.29) is 5.91 Å². The summed E-state index contributed by atoms with van der Waals surface area (Å²) in [5, 5.41) is 2.03. The van der Waals surface area contributed by atoms with Crippen LogP contribution in [0, 0.1) is 0 Å². The van der Waals surface area contributed by atoms with Gasteiger partial charge in [0.05, 0.1) is 11.4 Å². The molecule has 1 aliphatic heterocycles. The third-order valence-corrected chi connectivity index (χ3v) is 6.94. The maximum absolute atomic E-state index is 14.1. The number of fused-ring (bicyclic) bond motifs is 3. The molecule has 5 heteroatoms. The molecule has 0 radical (unpaired) electrons. The van der Waals surface area contributed by atoms with E-state index in [1.807, 2.05) is 75.6 Å². The first kappa shape index (κ1) is 20.5. The van der Waals surface area contributed by atoms with Crippen molar-refractivity contribution >= 4 is 51.2 Å². The van der Waals surface area contributed by atoms with Gasteiger partial charge in [0.15, 0.2) is 0 Å². The van der Waals surface area contributed by atoms with Gasteiger partial charge in [0, 0.05) is 54.9 Å². The summed E-state index contributed by atoms with van der Waals surface area (Å²) in [5.41, 5.74) is 4.77. The molecule has 0 bridgehead atoms. The van der Waals surface area contributed by atoms with E-state index in [1.54, 1.807) is 11.8 Å². The molecule has 4 aromatic rings.